The van der Waals surface area contributed by atoms with Gasteiger partial charge in [-0.3, -0.25) is 11.3 Å². The lowest BCUT2D eigenvalue weighted by molar-refractivity contribution is 0.481. The van der Waals surface area contributed by atoms with Crippen molar-refractivity contribution in [1.82, 2.24) is 5.43 Å². The van der Waals surface area contributed by atoms with Crippen LogP contribution in [-0.2, 0) is 0 Å². The number of unbranched alkanes of at least 4 members (excludes halogenated alkanes) is 3. The molecule has 96 valence electrons. The van der Waals surface area contributed by atoms with Crippen LogP contribution < -0.4 is 11.3 Å². The van der Waals surface area contributed by atoms with E-state index in [1.165, 1.54) is 25.3 Å². The van der Waals surface area contributed by atoms with Gasteiger partial charge in [0.1, 0.15) is 5.82 Å². The smallest absolute Gasteiger partial charge is 0.141 e. The van der Waals surface area contributed by atoms with Crippen LogP contribution in [0, 0.1) is 5.82 Å². The largest absolute Gasteiger partial charge is 0.271 e. The normalized spacial score (nSPS) is 12.7. The van der Waals surface area contributed by atoms with E-state index < -0.39 is 5.82 Å². The first-order valence-electron chi connectivity index (χ1n) is 6.10. The van der Waals surface area contributed by atoms with Crippen LogP contribution in [0.15, 0.2) is 18.2 Å². The quantitative estimate of drug-likeness (QED) is 0.441. The van der Waals surface area contributed by atoms with Crippen molar-refractivity contribution in [3.05, 3.63) is 34.6 Å². The summed E-state index contributed by atoms with van der Waals surface area (Å²) in [6.45, 7) is 2.18. The van der Waals surface area contributed by atoms with Gasteiger partial charge in [0.15, 0.2) is 0 Å². The monoisotopic (exact) mass is 258 g/mol. The molecule has 0 radical (unpaired) electrons. The zero-order valence-corrected chi connectivity index (χ0v) is 10.9. The summed E-state index contributed by atoms with van der Waals surface area (Å²) in [5.41, 5.74) is 3.70. The number of benzene rings is 1. The fraction of sp³-hybridized carbons (Fsp3) is 0.538. The Balaban J connectivity index is 2.56. The Morgan fingerprint density at radius 3 is 2.71 bits per heavy atom. The van der Waals surface area contributed by atoms with Gasteiger partial charge in [0.25, 0.3) is 0 Å². The van der Waals surface area contributed by atoms with Crippen LogP contribution in [0.4, 0.5) is 4.39 Å². The maximum atomic E-state index is 13.0. The number of nitrogens with two attached hydrogens (primary N) is 1. The standard InChI is InChI=1S/C13H20ClFN2/c1-2-3-4-5-6-13(17-16)10-7-8-12(15)11(14)9-10/h7-9,13,17H,2-6,16H2,1H3. The summed E-state index contributed by atoms with van der Waals surface area (Å²) in [6, 6.07) is 4.80. The van der Waals surface area contributed by atoms with E-state index in [9.17, 15) is 4.39 Å². The van der Waals surface area contributed by atoms with Crippen LogP contribution in [0.25, 0.3) is 0 Å². The highest BCUT2D eigenvalue weighted by Crippen LogP contribution is 2.24. The molecule has 0 heterocycles. The van der Waals surface area contributed by atoms with Gasteiger partial charge in [0, 0.05) is 6.04 Å². The predicted molar refractivity (Wildman–Crippen MR) is 70.2 cm³/mol. The Morgan fingerprint density at radius 1 is 1.35 bits per heavy atom. The fourth-order valence-corrected chi connectivity index (χ4v) is 2.04. The molecule has 1 rings (SSSR count). The van der Waals surface area contributed by atoms with Crippen molar-refractivity contribution in [2.24, 2.45) is 5.84 Å². The summed E-state index contributed by atoms with van der Waals surface area (Å²) in [4.78, 5) is 0. The van der Waals surface area contributed by atoms with E-state index in [1.54, 1.807) is 12.1 Å². The molecule has 1 atom stereocenters. The minimum Gasteiger partial charge on any atom is -0.271 e. The predicted octanol–water partition coefficient (Wildman–Crippen LogP) is 3.95. The molecule has 0 bridgehead atoms. The van der Waals surface area contributed by atoms with Gasteiger partial charge in [-0.1, -0.05) is 50.3 Å². The lowest BCUT2D eigenvalue weighted by Crippen LogP contribution is -2.28. The molecule has 1 aromatic carbocycles. The van der Waals surface area contributed by atoms with Gasteiger partial charge < -0.3 is 0 Å². The SMILES string of the molecule is CCCCCCC(NN)c1ccc(F)c(Cl)c1. The molecule has 0 aliphatic heterocycles. The molecule has 0 aliphatic carbocycles. The number of hydrogen-bond acceptors (Lipinski definition) is 2. The van der Waals surface area contributed by atoms with Crippen LogP contribution in [0.5, 0.6) is 0 Å². The Bertz CT molecular complexity index is 344. The van der Waals surface area contributed by atoms with Gasteiger partial charge in [-0.05, 0) is 24.1 Å². The average Bonchev–Trinajstić information content (AvgIpc) is 2.33. The number of rotatable bonds is 7. The molecule has 0 aromatic heterocycles. The molecule has 0 spiro atoms. The first-order chi connectivity index (χ1) is 8.19. The third kappa shape index (κ3) is 4.62. The summed E-state index contributed by atoms with van der Waals surface area (Å²) in [6.07, 6.45) is 5.70. The van der Waals surface area contributed by atoms with E-state index in [1.807, 2.05) is 0 Å². The number of hydrazine groups is 1. The van der Waals surface area contributed by atoms with Crippen molar-refractivity contribution in [3.8, 4) is 0 Å². The molecule has 0 saturated carbocycles. The number of hydrogen-bond donors (Lipinski definition) is 2. The molecule has 4 heteroatoms. The third-order valence-corrected chi connectivity index (χ3v) is 3.18. The molecule has 1 unspecified atom stereocenters. The van der Waals surface area contributed by atoms with Crippen molar-refractivity contribution >= 4 is 11.6 Å². The van der Waals surface area contributed by atoms with Crippen molar-refractivity contribution in [1.29, 1.82) is 0 Å². The van der Waals surface area contributed by atoms with Crippen LogP contribution in [0.3, 0.4) is 0 Å². The zero-order valence-electron chi connectivity index (χ0n) is 10.2. The lowest BCUT2D eigenvalue weighted by atomic mass is 10.0. The van der Waals surface area contributed by atoms with Crippen LogP contribution >= 0.6 is 11.6 Å². The molecule has 0 saturated heterocycles. The first kappa shape index (κ1) is 14.4. The summed E-state index contributed by atoms with van der Waals surface area (Å²) < 4.78 is 13.0. The van der Waals surface area contributed by atoms with Gasteiger partial charge in [-0.15, -0.1) is 0 Å². The molecule has 0 aliphatic rings. The molecule has 2 nitrogen and oxygen atoms in total. The van der Waals surface area contributed by atoms with Gasteiger partial charge in [-0.2, -0.15) is 0 Å². The number of halogens is 2. The molecule has 0 fully saturated rings. The van der Waals surface area contributed by atoms with Crippen LogP contribution in [0.1, 0.15) is 50.6 Å². The Labute approximate surface area is 107 Å². The molecule has 1 aromatic rings. The van der Waals surface area contributed by atoms with Gasteiger partial charge in [0.05, 0.1) is 5.02 Å². The molecule has 0 amide bonds. The van der Waals surface area contributed by atoms with E-state index in [2.05, 4.69) is 12.3 Å². The summed E-state index contributed by atoms with van der Waals surface area (Å²) >= 11 is 5.76. The zero-order chi connectivity index (χ0) is 12.7. The van der Waals surface area contributed by atoms with E-state index in [4.69, 9.17) is 17.4 Å². The van der Waals surface area contributed by atoms with Crippen molar-refractivity contribution in [3.63, 3.8) is 0 Å². The van der Waals surface area contributed by atoms with Crippen LogP contribution in [0.2, 0.25) is 5.02 Å². The summed E-state index contributed by atoms with van der Waals surface area (Å²) in [7, 11) is 0. The van der Waals surface area contributed by atoms with E-state index in [-0.39, 0.29) is 11.1 Å². The number of nitrogens with one attached hydrogen (secondary N) is 1. The summed E-state index contributed by atoms with van der Waals surface area (Å²) in [5, 5.41) is 0.149. The van der Waals surface area contributed by atoms with Gasteiger partial charge in [0.2, 0.25) is 0 Å². The summed E-state index contributed by atoms with van der Waals surface area (Å²) in [5.74, 6) is 5.13. The maximum absolute atomic E-state index is 13.0. The van der Waals surface area contributed by atoms with Crippen molar-refractivity contribution in [2.45, 2.75) is 45.1 Å². The lowest BCUT2D eigenvalue weighted by Gasteiger charge is -2.16. The molecular weight excluding hydrogens is 239 g/mol. The first-order valence-corrected chi connectivity index (χ1v) is 6.48. The highest BCUT2D eigenvalue weighted by atomic mass is 35.5. The van der Waals surface area contributed by atoms with E-state index in [0.717, 1.165) is 18.4 Å². The second-order valence-electron chi connectivity index (χ2n) is 4.24. The highest BCUT2D eigenvalue weighted by molar-refractivity contribution is 6.30. The third-order valence-electron chi connectivity index (χ3n) is 2.89. The topological polar surface area (TPSA) is 38.0 Å². The minimum absolute atomic E-state index is 0.0463. The van der Waals surface area contributed by atoms with Gasteiger partial charge >= 0.3 is 0 Å². The molecule has 3 N–H and O–H groups in total. The van der Waals surface area contributed by atoms with E-state index in [0.29, 0.717) is 0 Å². The average molecular weight is 259 g/mol. The van der Waals surface area contributed by atoms with Crippen LogP contribution in [-0.4, -0.2) is 0 Å². The second kappa shape index (κ2) is 7.64. The van der Waals surface area contributed by atoms with Gasteiger partial charge in [-0.25, -0.2) is 4.39 Å². The Kier molecular flexibility index (Phi) is 6.48. The second-order valence-corrected chi connectivity index (χ2v) is 4.65. The highest BCUT2D eigenvalue weighted by Gasteiger charge is 2.11. The van der Waals surface area contributed by atoms with Crippen molar-refractivity contribution in [2.75, 3.05) is 0 Å². The minimum atomic E-state index is -0.392. The van der Waals surface area contributed by atoms with E-state index >= 15 is 0 Å². The molecular formula is C13H20ClFN2. The Morgan fingerprint density at radius 2 is 2.12 bits per heavy atom. The maximum Gasteiger partial charge on any atom is 0.141 e. The van der Waals surface area contributed by atoms with Crippen molar-refractivity contribution < 1.29 is 4.39 Å². The fourth-order valence-electron chi connectivity index (χ4n) is 1.85. The molecule has 17 heavy (non-hydrogen) atoms. The Hall–Kier alpha value is -0.640.